The first-order valence-corrected chi connectivity index (χ1v) is 16.1. The predicted octanol–water partition coefficient (Wildman–Crippen LogP) is 8.64. The molecule has 2 aromatic carbocycles. The Morgan fingerprint density at radius 3 is 2.15 bits per heavy atom. The van der Waals surface area contributed by atoms with Gasteiger partial charge in [0.15, 0.2) is 0 Å². The van der Waals surface area contributed by atoms with Gasteiger partial charge >= 0.3 is 12.1 Å². The number of alkyl halides is 5. The zero-order valence-corrected chi connectivity index (χ0v) is 28.9. The van der Waals surface area contributed by atoms with Crippen molar-refractivity contribution in [3.8, 4) is 11.1 Å². The van der Waals surface area contributed by atoms with E-state index in [0.717, 1.165) is 6.07 Å². The van der Waals surface area contributed by atoms with Crippen molar-refractivity contribution in [1.29, 1.82) is 0 Å². The zero-order chi connectivity index (χ0) is 35.8. The van der Waals surface area contributed by atoms with Crippen molar-refractivity contribution < 1.29 is 40.7 Å². The van der Waals surface area contributed by atoms with E-state index in [9.17, 15) is 35.9 Å². The third kappa shape index (κ3) is 8.13. The molecule has 4 rings (SSSR count). The molecule has 1 aliphatic rings. The molecule has 0 spiro atoms. The Morgan fingerprint density at radius 2 is 1.58 bits per heavy atom. The van der Waals surface area contributed by atoms with Crippen LogP contribution in [0, 0.1) is 18.2 Å². The fourth-order valence-electron chi connectivity index (χ4n) is 6.03. The number of benzene rings is 2. The Hall–Kier alpha value is -3.66. The van der Waals surface area contributed by atoms with Gasteiger partial charge in [-0.25, -0.2) is 9.37 Å². The number of carbonyl (C=O) groups excluding carboxylic acids is 2. The monoisotopic (exact) mass is 695 g/mol. The van der Waals surface area contributed by atoms with Gasteiger partial charge in [0.1, 0.15) is 11.6 Å². The molecule has 1 fully saturated rings. The van der Waals surface area contributed by atoms with Gasteiger partial charge in [0, 0.05) is 31.3 Å². The lowest BCUT2D eigenvalue weighted by Gasteiger charge is -2.39. The molecule has 13 heteroatoms. The largest absolute Gasteiger partial charge is 0.466 e. The summed E-state index contributed by atoms with van der Waals surface area (Å²) in [6.07, 6.45) is -1.76. The molecular weight excluding hydrogens is 655 g/mol. The lowest BCUT2D eigenvalue weighted by molar-refractivity contribution is -0.146. The zero-order valence-electron chi connectivity index (χ0n) is 27.8. The summed E-state index contributed by atoms with van der Waals surface area (Å²) in [6, 6.07) is 7.98. The number of rotatable bonds is 9. The maximum atomic E-state index is 14.3. The van der Waals surface area contributed by atoms with Crippen LogP contribution in [0.5, 0.6) is 0 Å². The number of nitrogens with zero attached hydrogens (tertiary/aromatic N) is 3. The molecule has 1 saturated heterocycles. The summed E-state index contributed by atoms with van der Waals surface area (Å²) in [5.74, 6) is -0.797. The van der Waals surface area contributed by atoms with Crippen LogP contribution >= 0.6 is 9.24 Å². The van der Waals surface area contributed by atoms with Crippen LogP contribution in [0.15, 0.2) is 48.7 Å². The molecule has 1 amide bonds. The van der Waals surface area contributed by atoms with E-state index in [0.29, 0.717) is 79.3 Å². The molecule has 0 saturated carbocycles. The summed E-state index contributed by atoms with van der Waals surface area (Å²) in [4.78, 5) is 34.2. The summed E-state index contributed by atoms with van der Waals surface area (Å²) >= 11 is 0. The van der Waals surface area contributed by atoms with Crippen LogP contribution in [0.1, 0.15) is 69.2 Å². The lowest BCUT2D eigenvalue weighted by Crippen LogP contribution is -2.42. The van der Waals surface area contributed by atoms with Gasteiger partial charge in [0.05, 0.1) is 35.9 Å². The van der Waals surface area contributed by atoms with Crippen LogP contribution < -0.4 is 9.80 Å². The van der Waals surface area contributed by atoms with Crippen LogP contribution in [-0.4, -0.2) is 43.6 Å². The fourth-order valence-corrected chi connectivity index (χ4v) is 6.20. The highest BCUT2D eigenvalue weighted by Crippen LogP contribution is 2.43. The Kier molecular flexibility index (Phi) is 10.6. The highest BCUT2D eigenvalue weighted by molar-refractivity contribution is 7.17. The van der Waals surface area contributed by atoms with E-state index in [2.05, 4.69) is 9.88 Å². The quantitative estimate of drug-likeness (QED) is 0.128. The first-order chi connectivity index (χ1) is 22.2. The minimum absolute atomic E-state index is 0.241. The number of hydrogen-bond acceptors (Lipinski definition) is 5. The Labute approximate surface area is 279 Å². The first kappa shape index (κ1) is 37.2. The van der Waals surface area contributed by atoms with Crippen molar-refractivity contribution in [3.63, 3.8) is 0 Å². The van der Waals surface area contributed by atoms with E-state index in [1.807, 2.05) is 6.92 Å². The van der Waals surface area contributed by atoms with Gasteiger partial charge in [-0.1, -0.05) is 22.2 Å². The number of aromatic nitrogens is 1. The second-order valence-corrected chi connectivity index (χ2v) is 13.9. The Balaban J connectivity index is 1.74. The normalized spacial score (nSPS) is 15.3. The summed E-state index contributed by atoms with van der Waals surface area (Å²) in [5, 5.41) is 0. The molecule has 0 radical (unpaired) electrons. The molecule has 260 valence electrons. The van der Waals surface area contributed by atoms with E-state index < -0.39 is 40.1 Å². The van der Waals surface area contributed by atoms with E-state index in [1.165, 1.54) is 53.4 Å². The lowest BCUT2D eigenvalue weighted by atomic mass is 9.77. The SMILES string of the molecule is CCOC(=O)CC1(C)CCN(c2cc(-c3ccc(F)cc3C)c(N(C)C(=O)C(C)(C)c3cc(C(F)(F)F)cc(C(F)(F)P)c3)cn2)CC1. The summed E-state index contributed by atoms with van der Waals surface area (Å²) in [6.45, 7) is 9.75. The molecule has 1 atom stereocenters. The molecule has 1 unspecified atom stereocenters. The average molecular weight is 696 g/mol. The molecule has 0 aliphatic carbocycles. The summed E-state index contributed by atoms with van der Waals surface area (Å²) in [5.41, 5.74) is -6.06. The van der Waals surface area contributed by atoms with Crippen molar-refractivity contribution in [1.82, 2.24) is 4.98 Å². The average Bonchev–Trinajstić information content (AvgIpc) is 2.99. The van der Waals surface area contributed by atoms with Gasteiger partial charge in [-0.15, -0.1) is 0 Å². The highest BCUT2D eigenvalue weighted by atomic mass is 31.0. The maximum Gasteiger partial charge on any atom is 0.416 e. The second kappa shape index (κ2) is 13.7. The van der Waals surface area contributed by atoms with E-state index in [-0.39, 0.29) is 16.9 Å². The third-order valence-electron chi connectivity index (χ3n) is 9.09. The molecule has 0 bridgehead atoms. The van der Waals surface area contributed by atoms with Crippen LogP contribution in [0.2, 0.25) is 0 Å². The molecular formula is C35H40F6N3O3P. The number of amides is 1. The fraction of sp³-hybridized carbons (Fsp3) is 0.457. The number of esters is 1. The molecule has 6 nitrogen and oxygen atoms in total. The molecule has 1 aromatic heterocycles. The second-order valence-electron chi connectivity index (χ2n) is 13.2. The number of piperidine rings is 1. The first-order valence-electron chi connectivity index (χ1n) is 15.5. The van der Waals surface area contributed by atoms with Crippen molar-refractivity contribution in [2.75, 3.05) is 36.5 Å². The van der Waals surface area contributed by atoms with Gasteiger partial charge < -0.3 is 14.5 Å². The third-order valence-corrected chi connectivity index (χ3v) is 9.42. The van der Waals surface area contributed by atoms with E-state index in [1.54, 1.807) is 26.0 Å². The number of halogens is 6. The molecule has 3 aromatic rings. The number of aryl methyl sites for hydroxylation is 1. The van der Waals surface area contributed by atoms with Gasteiger partial charge in [-0.05, 0) is 99.0 Å². The van der Waals surface area contributed by atoms with Crippen molar-refractivity contribution in [2.45, 2.75) is 71.1 Å². The van der Waals surface area contributed by atoms with Gasteiger partial charge in [-0.2, -0.15) is 22.0 Å². The smallest absolute Gasteiger partial charge is 0.416 e. The van der Waals surface area contributed by atoms with Gasteiger partial charge in [-0.3, -0.25) is 9.59 Å². The van der Waals surface area contributed by atoms with Crippen LogP contribution in [0.25, 0.3) is 11.1 Å². The van der Waals surface area contributed by atoms with Crippen LogP contribution in [0.3, 0.4) is 0 Å². The summed E-state index contributed by atoms with van der Waals surface area (Å²) < 4.78 is 89.2. The van der Waals surface area contributed by atoms with Crippen LogP contribution in [0.4, 0.5) is 37.8 Å². The highest BCUT2D eigenvalue weighted by Gasteiger charge is 2.40. The van der Waals surface area contributed by atoms with Gasteiger partial charge in [0.25, 0.3) is 5.66 Å². The topological polar surface area (TPSA) is 62.7 Å². The molecule has 0 N–H and O–H groups in total. The number of hydrogen-bond donors (Lipinski definition) is 0. The summed E-state index contributed by atoms with van der Waals surface area (Å²) in [7, 11) is 2.67. The minimum Gasteiger partial charge on any atom is -0.466 e. The number of carbonyl (C=O) groups is 2. The van der Waals surface area contributed by atoms with Gasteiger partial charge in [0.2, 0.25) is 5.91 Å². The number of ether oxygens (including phenoxy) is 1. The minimum atomic E-state index is -4.93. The number of anilines is 2. The molecule has 48 heavy (non-hydrogen) atoms. The molecule has 1 aliphatic heterocycles. The van der Waals surface area contributed by atoms with Crippen molar-refractivity contribution in [3.05, 3.63) is 76.7 Å². The standard InChI is InChI=1S/C35H40F6N3O3P/c1-7-47-30(45)19-33(5)10-12-44(13-11-33)29-18-27(26-9-8-25(36)14-21(26)2)28(20-42-29)43(6)31(46)32(3,4)22-15-23(34(37,38)39)17-24(16-22)35(40,41)48/h8-9,14-18,20H,7,10-13,19,48H2,1-6H3. The van der Waals surface area contributed by atoms with E-state index >= 15 is 0 Å². The Bertz CT molecular complexity index is 1650. The van der Waals surface area contributed by atoms with E-state index in [4.69, 9.17) is 4.74 Å². The molecule has 2 heterocycles. The number of pyridine rings is 1. The predicted molar refractivity (Wildman–Crippen MR) is 177 cm³/mol. The van der Waals surface area contributed by atoms with Crippen molar-refractivity contribution in [2.24, 2.45) is 5.41 Å². The number of likely N-dealkylation sites (N-methyl/N-ethyl adjacent to an activating group) is 1. The maximum absolute atomic E-state index is 14.3. The van der Waals surface area contributed by atoms with Crippen molar-refractivity contribution >= 4 is 32.6 Å². The van der Waals surface area contributed by atoms with Crippen LogP contribution in [-0.2, 0) is 31.6 Å². The Morgan fingerprint density at radius 1 is 0.979 bits per heavy atom.